The maximum Gasteiger partial charge on any atom is 0.209 e. The molecule has 0 spiro atoms. The van der Waals surface area contributed by atoms with Crippen LogP contribution in [0.5, 0.6) is 0 Å². The SMILES string of the molecule is Cc1cc(CNCC(C)(C)NS(C)(=O)=O)n(C)n1. The largest absolute Gasteiger partial charge is 0.309 e. The molecule has 104 valence electrons. The highest BCUT2D eigenvalue weighted by Gasteiger charge is 2.21. The van der Waals surface area contributed by atoms with Crippen LogP contribution in [0.3, 0.4) is 0 Å². The summed E-state index contributed by atoms with van der Waals surface area (Å²) < 4.78 is 26.8. The predicted octanol–water partition coefficient (Wildman–Crippen LogP) is 0.146. The minimum Gasteiger partial charge on any atom is -0.309 e. The Hall–Kier alpha value is -0.920. The van der Waals surface area contributed by atoms with Gasteiger partial charge in [0, 0.05) is 25.7 Å². The van der Waals surface area contributed by atoms with Gasteiger partial charge in [-0.05, 0) is 26.8 Å². The van der Waals surface area contributed by atoms with E-state index in [2.05, 4.69) is 15.1 Å². The lowest BCUT2D eigenvalue weighted by Crippen LogP contribution is -2.49. The van der Waals surface area contributed by atoms with Crippen molar-refractivity contribution in [3.63, 3.8) is 0 Å². The number of rotatable bonds is 6. The Balaban J connectivity index is 2.49. The zero-order valence-corrected chi connectivity index (χ0v) is 12.4. The van der Waals surface area contributed by atoms with Crippen LogP contribution in [0.15, 0.2) is 6.07 Å². The Kier molecular flexibility index (Phi) is 4.52. The molecule has 0 atom stereocenters. The standard InChI is InChI=1S/C11H22N4O2S/c1-9-6-10(15(4)13-9)7-12-8-11(2,3)14-18(5,16)17/h6,12,14H,7-8H2,1-5H3. The molecule has 2 N–H and O–H groups in total. The third-order valence-corrected chi connectivity index (χ3v) is 3.36. The molecule has 0 aromatic carbocycles. The number of sulfonamides is 1. The molecule has 0 unspecified atom stereocenters. The molecule has 0 aliphatic rings. The lowest BCUT2D eigenvalue weighted by atomic mass is 10.1. The summed E-state index contributed by atoms with van der Waals surface area (Å²) in [6.45, 7) is 6.83. The molecule has 7 heteroatoms. The highest BCUT2D eigenvalue weighted by molar-refractivity contribution is 7.88. The first-order chi connectivity index (χ1) is 8.09. The molecule has 1 heterocycles. The fourth-order valence-corrected chi connectivity index (χ4v) is 2.95. The van der Waals surface area contributed by atoms with Crippen molar-refractivity contribution in [2.75, 3.05) is 12.8 Å². The first kappa shape index (κ1) is 15.1. The quantitative estimate of drug-likeness (QED) is 0.774. The van der Waals surface area contributed by atoms with Crippen molar-refractivity contribution in [2.24, 2.45) is 7.05 Å². The van der Waals surface area contributed by atoms with E-state index in [1.165, 1.54) is 6.26 Å². The first-order valence-electron chi connectivity index (χ1n) is 5.78. The van der Waals surface area contributed by atoms with Crippen LogP contribution in [-0.4, -0.2) is 36.5 Å². The minimum atomic E-state index is -3.19. The topological polar surface area (TPSA) is 76.0 Å². The van der Waals surface area contributed by atoms with Gasteiger partial charge < -0.3 is 5.32 Å². The molecular formula is C11H22N4O2S. The van der Waals surface area contributed by atoms with Crippen LogP contribution in [0.4, 0.5) is 0 Å². The zero-order valence-electron chi connectivity index (χ0n) is 11.6. The third kappa shape index (κ3) is 5.16. The summed E-state index contributed by atoms with van der Waals surface area (Å²) in [5, 5.41) is 7.48. The van der Waals surface area contributed by atoms with Gasteiger partial charge in [0.1, 0.15) is 0 Å². The van der Waals surface area contributed by atoms with Crippen molar-refractivity contribution < 1.29 is 8.42 Å². The van der Waals surface area contributed by atoms with E-state index in [0.717, 1.165) is 11.4 Å². The molecule has 0 aliphatic carbocycles. The zero-order chi connectivity index (χ0) is 14.0. The van der Waals surface area contributed by atoms with Gasteiger partial charge in [0.25, 0.3) is 0 Å². The van der Waals surface area contributed by atoms with Gasteiger partial charge in [0.05, 0.1) is 17.6 Å². The molecular weight excluding hydrogens is 252 g/mol. The molecule has 0 saturated carbocycles. The Morgan fingerprint density at radius 3 is 2.50 bits per heavy atom. The van der Waals surface area contributed by atoms with Gasteiger partial charge in [-0.1, -0.05) is 0 Å². The maximum atomic E-state index is 11.2. The molecule has 0 amide bonds. The number of nitrogens with zero attached hydrogens (tertiary/aromatic N) is 2. The van der Waals surface area contributed by atoms with E-state index in [-0.39, 0.29) is 0 Å². The number of hydrogen-bond acceptors (Lipinski definition) is 4. The molecule has 6 nitrogen and oxygen atoms in total. The Morgan fingerprint density at radius 2 is 2.06 bits per heavy atom. The van der Waals surface area contributed by atoms with E-state index in [4.69, 9.17) is 0 Å². The number of hydrogen-bond donors (Lipinski definition) is 2. The fraction of sp³-hybridized carbons (Fsp3) is 0.727. The molecule has 1 rings (SSSR count). The second-order valence-electron chi connectivity index (χ2n) is 5.26. The van der Waals surface area contributed by atoms with E-state index < -0.39 is 15.6 Å². The Bertz CT molecular complexity index is 505. The number of aromatic nitrogens is 2. The minimum absolute atomic E-state index is 0.513. The average Bonchev–Trinajstić information content (AvgIpc) is 2.40. The van der Waals surface area contributed by atoms with E-state index in [1.54, 1.807) is 0 Å². The summed E-state index contributed by atoms with van der Waals surface area (Å²) in [5.41, 5.74) is 1.53. The first-order valence-corrected chi connectivity index (χ1v) is 7.67. The van der Waals surface area contributed by atoms with Crippen LogP contribution in [0.25, 0.3) is 0 Å². The van der Waals surface area contributed by atoms with Crippen molar-refractivity contribution in [2.45, 2.75) is 32.9 Å². The molecule has 0 radical (unpaired) electrons. The van der Waals surface area contributed by atoms with Gasteiger partial charge in [-0.2, -0.15) is 5.10 Å². The van der Waals surface area contributed by atoms with Gasteiger partial charge in [0.2, 0.25) is 10.0 Å². The van der Waals surface area contributed by atoms with Crippen molar-refractivity contribution in [1.29, 1.82) is 0 Å². The molecule has 0 fully saturated rings. The Labute approximate surface area is 109 Å². The van der Waals surface area contributed by atoms with Crippen LogP contribution in [0, 0.1) is 6.92 Å². The monoisotopic (exact) mass is 274 g/mol. The summed E-state index contributed by atoms with van der Waals surface area (Å²) in [6.07, 6.45) is 1.17. The maximum absolute atomic E-state index is 11.2. The van der Waals surface area contributed by atoms with Crippen LogP contribution in [-0.2, 0) is 23.6 Å². The highest BCUT2D eigenvalue weighted by Crippen LogP contribution is 2.04. The second-order valence-corrected chi connectivity index (χ2v) is 7.01. The molecule has 0 aliphatic heterocycles. The van der Waals surface area contributed by atoms with E-state index in [1.807, 2.05) is 38.6 Å². The lowest BCUT2D eigenvalue weighted by molar-refractivity contribution is 0.417. The summed E-state index contributed by atoms with van der Waals surface area (Å²) in [6, 6.07) is 2.00. The summed E-state index contributed by atoms with van der Waals surface area (Å²) in [5.74, 6) is 0. The number of nitrogens with one attached hydrogen (secondary N) is 2. The third-order valence-electron chi connectivity index (χ3n) is 2.43. The van der Waals surface area contributed by atoms with Gasteiger partial charge in [-0.3, -0.25) is 4.68 Å². The van der Waals surface area contributed by atoms with Crippen LogP contribution in [0.2, 0.25) is 0 Å². The molecule has 0 bridgehead atoms. The normalized spacial score (nSPS) is 12.9. The van der Waals surface area contributed by atoms with Gasteiger partial charge in [-0.25, -0.2) is 13.1 Å². The summed E-state index contributed by atoms with van der Waals surface area (Å²) in [7, 11) is -1.30. The van der Waals surface area contributed by atoms with Crippen LogP contribution >= 0.6 is 0 Å². The molecule has 1 aromatic heterocycles. The van der Waals surface area contributed by atoms with Crippen LogP contribution < -0.4 is 10.0 Å². The van der Waals surface area contributed by atoms with Gasteiger partial charge in [0.15, 0.2) is 0 Å². The van der Waals surface area contributed by atoms with Crippen molar-refractivity contribution in [3.05, 3.63) is 17.5 Å². The smallest absolute Gasteiger partial charge is 0.209 e. The summed E-state index contributed by atoms with van der Waals surface area (Å²) in [4.78, 5) is 0. The van der Waals surface area contributed by atoms with Gasteiger partial charge in [-0.15, -0.1) is 0 Å². The van der Waals surface area contributed by atoms with Crippen LogP contribution in [0.1, 0.15) is 25.2 Å². The van der Waals surface area contributed by atoms with Crippen molar-refractivity contribution >= 4 is 10.0 Å². The fourth-order valence-electron chi connectivity index (χ4n) is 1.87. The average molecular weight is 274 g/mol. The summed E-state index contributed by atoms with van der Waals surface area (Å²) >= 11 is 0. The lowest BCUT2D eigenvalue weighted by Gasteiger charge is -2.25. The van der Waals surface area contributed by atoms with Crippen molar-refractivity contribution in [3.8, 4) is 0 Å². The number of aryl methyl sites for hydroxylation is 2. The second kappa shape index (κ2) is 5.38. The molecule has 1 aromatic rings. The van der Waals surface area contributed by atoms with E-state index in [0.29, 0.717) is 13.1 Å². The molecule has 18 heavy (non-hydrogen) atoms. The van der Waals surface area contributed by atoms with Gasteiger partial charge >= 0.3 is 0 Å². The Morgan fingerprint density at radius 1 is 1.44 bits per heavy atom. The van der Waals surface area contributed by atoms with E-state index >= 15 is 0 Å². The van der Waals surface area contributed by atoms with E-state index in [9.17, 15) is 8.42 Å². The highest BCUT2D eigenvalue weighted by atomic mass is 32.2. The van der Waals surface area contributed by atoms with Crippen molar-refractivity contribution in [1.82, 2.24) is 19.8 Å². The molecule has 0 saturated heterocycles. The predicted molar refractivity (Wildman–Crippen MR) is 71.7 cm³/mol.